The summed E-state index contributed by atoms with van der Waals surface area (Å²) in [6, 6.07) is 8.00. The summed E-state index contributed by atoms with van der Waals surface area (Å²) in [4.78, 5) is 0. The summed E-state index contributed by atoms with van der Waals surface area (Å²) in [6.07, 6.45) is 7.58. The average Bonchev–Trinajstić information content (AvgIpc) is 2.81. The van der Waals surface area contributed by atoms with Gasteiger partial charge in [-0.15, -0.1) is 0 Å². The molecule has 1 aromatic carbocycles. The van der Waals surface area contributed by atoms with Gasteiger partial charge in [0.1, 0.15) is 0 Å². The molecule has 17 heavy (non-hydrogen) atoms. The predicted octanol–water partition coefficient (Wildman–Crippen LogP) is 4.07. The molecule has 1 atom stereocenters. The molecule has 0 radical (unpaired) electrons. The van der Waals surface area contributed by atoms with Crippen molar-refractivity contribution < 1.29 is 5.11 Å². The van der Waals surface area contributed by atoms with E-state index in [-0.39, 0.29) is 0 Å². The third kappa shape index (κ3) is 4.01. The van der Waals surface area contributed by atoms with Gasteiger partial charge in [-0.3, -0.25) is 0 Å². The Balaban J connectivity index is 1.90. The van der Waals surface area contributed by atoms with Crippen molar-refractivity contribution in [2.24, 2.45) is 11.8 Å². The van der Waals surface area contributed by atoms with Crippen molar-refractivity contribution >= 4 is 11.6 Å². The van der Waals surface area contributed by atoms with Gasteiger partial charge in [-0.25, -0.2) is 0 Å². The summed E-state index contributed by atoms with van der Waals surface area (Å²) in [5, 5.41) is 10.3. The maximum Gasteiger partial charge on any atom is 0.0462 e. The first-order chi connectivity index (χ1) is 8.28. The van der Waals surface area contributed by atoms with Gasteiger partial charge in [0.2, 0.25) is 0 Å². The predicted molar refractivity (Wildman–Crippen MR) is 72.3 cm³/mol. The maximum atomic E-state index is 9.48. The van der Waals surface area contributed by atoms with E-state index >= 15 is 0 Å². The van der Waals surface area contributed by atoms with Crippen LogP contribution in [0.4, 0.5) is 0 Å². The van der Waals surface area contributed by atoms with E-state index in [1.807, 2.05) is 18.2 Å². The number of halogens is 1. The molecule has 0 bridgehead atoms. The molecule has 0 aromatic heterocycles. The van der Waals surface area contributed by atoms with E-state index in [0.29, 0.717) is 12.5 Å². The Bertz CT molecular complexity index is 345. The molecule has 2 rings (SSSR count). The topological polar surface area (TPSA) is 20.2 Å². The third-order valence-electron chi connectivity index (χ3n) is 3.81. The Morgan fingerprint density at radius 3 is 2.71 bits per heavy atom. The minimum atomic E-state index is 0.295. The Kier molecular flexibility index (Phi) is 4.87. The lowest BCUT2D eigenvalue weighted by Gasteiger charge is -2.18. The van der Waals surface area contributed by atoms with E-state index < -0.39 is 0 Å². The largest absolute Gasteiger partial charge is 0.396 e. The molecule has 1 aliphatic carbocycles. The zero-order chi connectivity index (χ0) is 12.1. The summed E-state index contributed by atoms with van der Waals surface area (Å²) >= 11 is 5.98. The smallest absolute Gasteiger partial charge is 0.0462 e. The average molecular weight is 253 g/mol. The molecule has 0 aliphatic heterocycles. The molecule has 1 saturated carbocycles. The first-order valence-corrected chi connectivity index (χ1v) is 7.01. The second-order valence-electron chi connectivity index (χ2n) is 5.27. The van der Waals surface area contributed by atoms with E-state index in [0.717, 1.165) is 17.4 Å². The number of aliphatic hydroxyl groups excluding tert-OH is 1. The number of hydrogen-bond acceptors (Lipinski definition) is 1. The minimum absolute atomic E-state index is 0.295. The molecule has 0 saturated heterocycles. The van der Waals surface area contributed by atoms with Crippen molar-refractivity contribution in [1.82, 2.24) is 0 Å². The lowest BCUT2D eigenvalue weighted by molar-refractivity contribution is 0.200. The molecule has 0 heterocycles. The van der Waals surface area contributed by atoms with Crippen molar-refractivity contribution in [3.05, 3.63) is 34.9 Å². The SMILES string of the molecule is OCC(Cc1cccc(Cl)c1)CC1CCCC1. The highest BCUT2D eigenvalue weighted by Gasteiger charge is 2.20. The molecular weight excluding hydrogens is 232 g/mol. The molecule has 0 amide bonds. The molecule has 1 unspecified atom stereocenters. The van der Waals surface area contributed by atoms with Crippen LogP contribution in [0.5, 0.6) is 0 Å². The van der Waals surface area contributed by atoms with Crippen LogP contribution >= 0.6 is 11.6 Å². The molecular formula is C15H21ClO. The highest BCUT2D eigenvalue weighted by Crippen LogP contribution is 2.31. The summed E-state index contributed by atoms with van der Waals surface area (Å²) < 4.78 is 0. The summed E-state index contributed by atoms with van der Waals surface area (Å²) in [5.74, 6) is 1.24. The highest BCUT2D eigenvalue weighted by molar-refractivity contribution is 6.30. The number of hydrogen-bond donors (Lipinski definition) is 1. The third-order valence-corrected chi connectivity index (χ3v) is 4.05. The highest BCUT2D eigenvalue weighted by atomic mass is 35.5. The Morgan fingerprint density at radius 2 is 2.06 bits per heavy atom. The number of aliphatic hydroxyl groups is 1. The number of rotatable bonds is 5. The van der Waals surface area contributed by atoms with Gasteiger partial charge in [0, 0.05) is 11.6 Å². The zero-order valence-electron chi connectivity index (χ0n) is 10.2. The van der Waals surface area contributed by atoms with Crippen molar-refractivity contribution in [3.8, 4) is 0 Å². The van der Waals surface area contributed by atoms with Gasteiger partial charge in [-0.05, 0) is 42.4 Å². The first-order valence-electron chi connectivity index (χ1n) is 6.63. The Morgan fingerprint density at radius 1 is 1.29 bits per heavy atom. The van der Waals surface area contributed by atoms with Crippen LogP contribution in [0.2, 0.25) is 5.02 Å². The van der Waals surface area contributed by atoms with Crippen LogP contribution in [0.15, 0.2) is 24.3 Å². The quantitative estimate of drug-likeness (QED) is 0.838. The normalized spacial score (nSPS) is 18.5. The van der Waals surface area contributed by atoms with Crippen molar-refractivity contribution in [1.29, 1.82) is 0 Å². The van der Waals surface area contributed by atoms with Crippen LogP contribution in [0, 0.1) is 11.8 Å². The first kappa shape index (κ1) is 12.9. The maximum absolute atomic E-state index is 9.48. The summed E-state index contributed by atoms with van der Waals surface area (Å²) in [7, 11) is 0. The fourth-order valence-electron chi connectivity index (χ4n) is 2.94. The van der Waals surface area contributed by atoms with Crippen LogP contribution in [0.3, 0.4) is 0 Å². The van der Waals surface area contributed by atoms with Gasteiger partial charge < -0.3 is 5.11 Å². The van der Waals surface area contributed by atoms with Gasteiger partial charge >= 0.3 is 0 Å². The molecule has 94 valence electrons. The second kappa shape index (κ2) is 6.42. The van der Waals surface area contributed by atoms with Crippen molar-refractivity contribution in [3.63, 3.8) is 0 Å². The summed E-state index contributed by atoms with van der Waals surface area (Å²) in [6.45, 7) is 0.295. The fourth-order valence-corrected chi connectivity index (χ4v) is 3.15. The van der Waals surface area contributed by atoms with Crippen molar-refractivity contribution in [2.45, 2.75) is 38.5 Å². The van der Waals surface area contributed by atoms with Gasteiger partial charge in [-0.1, -0.05) is 49.4 Å². The second-order valence-corrected chi connectivity index (χ2v) is 5.71. The van der Waals surface area contributed by atoms with Crippen LogP contribution in [0.1, 0.15) is 37.7 Å². The zero-order valence-corrected chi connectivity index (χ0v) is 11.0. The summed E-state index contributed by atoms with van der Waals surface area (Å²) in [5.41, 5.74) is 1.24. The molecule has 1 fully saturated rings. The van der Waals surface area contributed by atoms with E-state index in [9.17, 15) is 5.11 Å². The molecule has 1 aromatic rings. The van der Waals surface area contributed by atoms with E-state index in [1.54, 1.807) is 0 Å². The standard InChI is InChI=1S/C15H21ClO/c16-15-7-3-6-13(10-15)9-14(11-17)8-12-4-1-2-5-12/h3,6-7,10,12,14,17H,1-2,4-5,8-9,11H2. The van der Waals surface area contributed by atoms with Crippen LogP contribution in [-0.4, -0.2) is 11.7 Å². The van der Waals surface area contributed by atoms with Crippen LogP contribution in [-0.2, 0) is 6.42 Å². The van der Waals surface area contributed by atoms with Gasteiger partial charge in [-0.2, -0.15) is 0 Å². The van der Waals surface area contributed by atoms with Gasteiger partial charge in [0.05, 0.1) is 0 Å². The lowest BCUT2D eigenvalue weighted by Crippen LogP contribution is -2.13. The van der Waals surface area contributed by atoms with E-state index in [4.69, 9.17) is 11.6 Å². The monoisotopic (exact) mass is 252 g/mol. The molecule has 0 spiro atoms. The molecule has 1 aliphatic rings. The van der Waals surface area contributed by atoms with Gasteiger partial charge in [0.25, 0.3) is 0 Å². The van der Waals surface area contributed by atoms with Crippen LogP contribution < -0.4 is 0 Å². The molecule has 1 N–H and O–H groups in total. The molecule has 1 nitrogen and oxygen atoms in total. The minimum Gasteiger partial charge on any atom is -0.396 e. The van der Waals surface area contributed by atoms with Crippen molar-refractivity contribution in [2.75, 3.05) is 6.61 Å². The lowest BCUT2D eigenvalue weighted by atomic mass is 9.89. The van der Waals surface area contributed by atoms with Gasteiger partial charge in [0.15, 0.2) is 0 Å². The molecule has 2 heteroatoms. The Labute approximate surface area is 109 Å². The number of benzene rings is 1. The van der Waals surface area contributed by atoms with Crippen LogP contribution in [0.25, 0.3) is 0 Å². The van der Waals surface area contributed by atoms with E-state index in [2.05, 4.69) is 6.07 Å². The fraction of sp³-hybridized carbons (Fsp3) is 0.600. The Hall–Kier alpha value is -0.530. The van der Waals surface area contributed by atoms with E-state index in [1.165, 1.54) is 37.7 Å².